The second kappa shape index (κ2) is 13.3. The zero-order chi connectivity index (χ0) is 21.8. The van der Waals surface area contributed by atoms with E-state index in [1.54, 1.807) is 0 Å². The summed E-state index contributed by atoms with van der Waals surface area (Å²) in [6.45, 7) is 4.20. The maximum atomic E-state index is 12.4. The van der Waals surface area contributed by atoms with Crippen LogP contribution in [0.1, 0.15) is 113 Å². The molecule has 0 spiro atoms. The van der Waals surface area contributed by atoms with Crippen molar-refractivity contribution in [2.75, 3.05) is 0 Å². The number of carbonyl (C=O) groups excluding carboxylic acids is 2. The molecule has 1 aliphatic carbocycles. The monoisotopic (exact) mass is 410 g/mol. The third kappa shape index (κ3) is 7.63. The van der Waals surface area contributed by atoms with E-state index in [-0.39, 0.29) is 0 Å². The molecular formula is C27H38O3. The van der Waals surface area contributed by atoms with Crippen molar-refractivity contribution in [2.24, 2.45) is 5.92 Å². The normalized spacial score (nSPS) is 19.6. The first kappa shape index (κ1) is 24.2. The number of carbonyl (C=O) groups is 2. The Kier molecular flexibility index (Phi) is 10.7. The molecule has 1 aromatic rings. The second-order valence-corrected chi connectivity index (χ2v) is 8.73. The molecule has 30 heavy (non-hydrogen) atoms. The van der Waals surface area contributed by atoms with Gasteiger partial charge in [0.2, 0.25) is 5.78 Å². The number of unbranched alkanes of at least 4 members (excludes halogenated alkanes) is 4. The summed E-state index contributed by atoms with van der Waals surface area (Å²) >= 11 is 0. The number of esters is 1. The smallest absolute Gasteiger partial charge is 0.338 e. The fourth-order valence-corrected chi connectivity index (χ4v) is 4.51. The van der Waals surface area contributed by atoms with Gasteiger partial charge in [0.05, 0.1) is 5.56 Å². The minimum Gasteiger partial charge on any atom is -0.450 e. The number of ether oxygens (including phenoxy) is 1. The summed E-state index contributed by atoms with van der Waals surface area (Å²) in [5, 5.41) is 0. The van der Waals surface area contributed by atoms with E-state index in [0.717, 1.165) is 12.3 Å². The lowest BCUT2D eigenvalue weighted by Gasteiger charge is -2.29. The van der Waals surface area contributed by atoms with Crippen molar-refractivity contribution in [3.05, 3.63) is 35.4 Å². The predicted molar refractivity (Wildman–Crippen MR) is 122 cm³/mol. The van der Waals surface area contributed by atoms with Crippen LogP contribution in [0.25, 0.3) is 0 Å². The summed E-state index contributed by atoms with van der Waals surface area (Å²) in [5.41, 5.74) is 1.78. The highest BCUT2D eigenvalue weighted by Crippen LogP contribution is 2.37. The zero-order valence-electron chi connectivity index (χ0n) is 18.8. The lowest BCUT2D eigenvalue weighted by Crippen LogP contribution is -2.26. The van der Waals surface area contributed by atoms with Crippen LogP contribution in [0.5, 0.6) is 0 Å². The van der Waals surface area contributed by atoms with E-state index in [1.165, 1.54) is 69.8 Å². The van der Waals surface area contributed by atoms with Gasteiger partial charge >= 0.3 is 5.97 Å². The summed E-state index contributed by atoms with van der Waals surface area (Å²) in [4.78, 5) is 24.2. The van der Waals surface area contributed by atoms with Gasteiger partial charge in [-0.05, 0) is 67.6 Å². The van der Waals surface area contributed by atoms with Crippen molar-refractivity contribution < 1.29 is 14.3 Å². The number of terminal acetylenes is 1. The standard InChI is InChI=1S/C27H38O3/c1-4-7-8-9-10-12-21-13-15-22(16-14-21)23-17-19-24(20-18-23)27(29)30-26(11-5-2)25(28)6-3/h3,17-22,26H,4-5,7-16H2,1-2H3. The van der Waals surface area contributed by atoms with Crippen molar-refractivity contribution in [3.8, 4) is 12.3 Å². The highest BCUT2D eigenvalue weighted by molar-refractivity contribution is 6.00. The average Bonchev–Trinajstić information content (AvgIpc) is 2.78. The molecule has 0 aromatic heterocycles. The quantitative estimate of drug-likeness (QED) is 0.164. The van der Waals surface area contributed by atoms with Gasteiger partial charge in [-0.3, -0.25) is 4.79 Å². The maximum absolute atomic E-state index is 12.4. The van der Waals surface area contributed by atoms with Crippen LogP contribution in [0.4, 0.5) is 0 Å². The molecule has 2 rings (SSSR count). The first-order valence-corrected chi connectivity index (χ1v) is 11.9. The molecule has 1 aromatic carbocycles. The number of ketones is 1. The minimum atomic E-state index is -0.843. The van der Waals surface area contributed by atoms with E-state index in [2.05, 4.69) is 12.8 Å². The van der Waals surface area contributed by atoms with E-state index in [9.17, 15) is 9.59 Å². The van der Waals surface area contributed by atoms with E-state index >= 15 is 0 Å². The minimum absolute atomic E-state index is 0.453. The van der Waals surface area contributed by atoms with Crippen LogP contribution in [0.15, 0.2) is 24.3 Å². The highest BCUT2D eigenvalue weighted by atomic mass is 16.5. The van der Waals surface area contributed by atoms with Crippen LogP contribution >= 0.6 is 0 Å². The van der Waals surface area contributed by atoms with E-state index in [4.69, 9.17) is 11.2 Å². The van der Waals surface area contributed by atoms with Crippen LogP contribution in [0, 0.1) is 18.3 Å². The molecule has 0 amide bonds. The van der Waals surface area contributed by atoms with Gasteiger partial charge in [-0.25, -0.2) is 4.79 Å². The Morgan fingerprint density at radius 2 is 1.67 bits per heavy atom. The van der Waals surface area contributed by atoms with Crippen LogP contribution in [0.3, 0.4) is 0 Å². The van der Waals surface area contributed by atoms with Crippen molar-refractivity contribution in [3.63, 3.8) is 0 Å². The highest BCUT2D eigenvalue weighted by Gasteiger charge is 2.24. The summed E-state index contributed by atoms with van der Waals surface area (Å²) in [7, 11) is 0. The molecule has 0 bridgehead atoms. The number of hydrogen-bond donors (Lipinski definition) is 0. The van der Waals surface area contributed by atoms with Crippen LogP contribution < -0.4 is 0 Å². The molecule has 3 heteroatoms. The lowest BCUT2D eigenvalue weighted by atomic mass is 9.77. The number of Topliss-reactive ketones (excluding diaryl/α,β-unsaturated/α-hetero) is 1. The molecule has 1 atom stereocenters. The largest absolute Gasteiger partial charge is 0.450 e. The van der Waals surface area contributed by atoms with Gasteiger partial charge in [-0.1, -0.05) is 70.9 Å². The van der Waals surface area contributed by atoms with Crippen LogP contribution in [-0.4, -0.2) is 17.9 Å². The van der Waals surface area contributed by atoms with Crippen molar-refractivity contribution in [1.29, 1.82) is 0 Å². The molecule has 3 nitrogen and oxygen atoms in total. The third-order valence-corrected chi connectivity index (χ3v) is 6.42. The summed E-state index contributed by atoms with van der Waals surface area (Å²) in [6.07, 6.45) is 18.8. The molecule has 0 saturated heterocycles. The van der Waals surface area contributed by atoms with Gasteiger partial charge in [0.25, 0.3) is 0 Å². The lowest BCUT2D eigenvalue weighted by molar-refractivity contribution is -0.122. The first-order chi connectivity index (χ1) is 14.6. The van der Waals surface area contributed by atoms with E-state index in [0.29, 0.717) is 17.9 Å². The maximum Gasteiger partial charge on any atom is 0.338 e. The first-order valence-electron chi connectivity index (χ1n) is 11.9. The Morgan fingerprint density at radius 3 is 2.27 bits per heavy atom. The van der Waals surface area contributed by atoms with Gasteiger partial charge in [0.1, 0.15) is 0 Å². The molecule has 0 aliphatic heterocycles. The van der Waals surface area contributed by atoms with Gasteiger partial charge in [0.15, 0.2) is 6.10 Å². The zero-order valence-corrected chi connectivity index (χ0v) is 18.8. The molecule has 0 N–H and O–H groups in total. The summed E-state index contributed by atoms with van der Waals surface area (Å²) < 4.78 is 5.36. The van der Waals surface area contributed by atoms with Crippen LogP contribution in [-0.2, 0) is 9.53 Å². The average molecular weight is 411 g/mol. The molecule has 1 aliphatic rings. The van der Waals surface area contributed by atoms with Gasteiger partial charge < -0.3 is 4.74 Å². The molecule has 1 fully saturated rings. The number of rotatable bonds is 12. The van der Waals surface area contributed by atoms with Crippen molar-refractivity contribution in [1.82, 2.24) is 0 Å². The number of benzene rings is 1. The number of hydrogen-bond acceptors (Lipinski definition) is 3. The molecule has 1 saturated carbocycles. The van der Waals surface area contributed by atoms with Gasteiger partial charge in [-0.15, -0.1) is 6.42 Å². The Hall–Kier alpha value is -2.08. The van der Waals surface area contributed by atoms with Crippen LogP contribution in [0.2, 0.25) is 0 Å². The predicted octanol–water partition coefficient (Wildman–Crippen LogP) is 6.85. The fourth-order valence-electron chi connectivity index (χ4n) is 4.51. The van der Waals surface area contributed by atoms with Crippen molar-refractivity contribution >= 4 is 11.8 Å². The summed E-state index contributed by atoms with van der Waals surface area (Å²) in [6, 6.07) is 7.73. The van der Waals surface area contributed by atoms with E-state index < -0.39 is 17.9 Å². The molecule has 164 valence electrons. The molecule has 0 heterocycles. The third-order valence-electron chi connectivity index (χ3n) is 6.42. The Labute approximate surface area is 183 Å². The Bertz CT molecular complexity index is 690. The topological polar surface area (TPSA) is 43.4 Å². The molecule has 0 radical (unpaired) electrons. The second-order valence-electron chi connectivity index (χ2n) is 8.73. The van der Waals surface area contributed by atoms with Gasteiger partial charge in [0, 0.05) is 0 Å². The molecular weight excluding hydrogens is 372 g/mol. The molecule has 1 unspecified atom stereocenters. The SMILES string of the molecule is C#CC(=O)C(CCC)OC(=O)c1ccc(C2CCC(CCCCCCC)CC2)cc1. The van der Waals surface area contributed by atoms with Gasteiger partial charge in [-0.2, -0.15) is 0 Å². The van der Waals surface area contributed by atoms with Crippen molar-refractivity contribution in [2.45, 2.75) is 103 Å². The van der Waals surface area contributed by atoms with E-state index in [1.807, 2.05) is 31.2 Å². The Balaban J connectivity index is 1.81. The Morgan fingerprint density at radius 1 is 1.00 bits per heavy atom. The fraction of sp³-hybridized carbons (Fsp3) is 0.630. The summed E-state index contributed by atoms with van der Waals surface area (Å²) in [5.74, 6) is 2.60.